The number of piperidine rings is 1. The second-order valence-electron chi connectivity index (χ2n) is 9.99. The van der Waals surface area contributed by atoms with Crippen molar-refractivity contribution in [3.63, 3.8) is 0 Å². The Balaban J connectivity index is 1.27. The summed E-state index contributed by atoms with van der Waals surface area (Å²) in [4.78, 5) is 25.4. The van der Waals surface area contributed by atoms with Gasteiger partial charge >= 0.3 is 6.09 Å². The van der Waals surface area contributed by atoms with E-state index in [2.05, 4.69) is 32.1 Å². The molecule has 4 heterocycles. The van der Waals surface area contributed by atoms with Gasteiger partial charge in [-0.25, -0.2) is 19.4 Å². The van der Waals surface area contributed by atoms with E-state index < -0.39 is 5.60 Å². The van der Waals surface area contributed by atoms with Gasteiger partial charge < -0.3 is 19.3 Å². The zero-order valence-corrected chi connectivity index (χ0v) is 20.1. The molecule has 0 spiro atoms. The molecule has 0 unspecified atom stereocenters. The van der Waals surface area contributed by atoms with E-state index in [0.29, 0.717) is 19.0 Å². The monoisotopic (exact) mass is 464 g/mol. The van der Waals surface area contributed by atoms with Crippen LogP contribution in [0.15, 0.2) is 36.8 Å². The maximum atomic E-state index is 12.4. The van der Waals surface area contributed by atoms with Gasteiger partial charge in [-0.1, -0.05) is 0 Å². The molecule has 2 aliphatic heterocycles. The Bertz CT molecular complexity index is 1140. The molecular weight excluding hydrogens is 432 g/mol. The zero-order valence-electron chi connectivity index (χ0n) is 20.1. The summed E-state index contributed by atoms with van der Waals surface area (Å²) in [6.45, 7) is 9.13. The Hall–Kier alpha value is -3.36. The zero-order chi connectivity index (χ0) is 23.7. The number of rotatable bonds is 4. The Morgan fingerprint density at radius 2 is 1.71 bits per heavy atom. The van der Waals surface area contributed by atoms with E-state index in [1.54, 1.807) is 11.1 Å². The summed E-state index contributed by atoms with van der Waals surface area (Å²) in [6, 6.07) is 8.32. The number of benzene rings is 1. The van der Waals surface area contributed by atoms with Crippen molar-refractivity contribution in [3.8, 4) is 11.6 Å². The van der Waals surface area contributed by atoms with Gasteiger partial charge in [-0.2, -0.15) is 5.10 Å². The average Bonchev–Trinajstić information content (AvgIpc) is 3.50. The number of amides is 1. The van der Waals surface area contributed by atoms with Crippen molar-refractivity contribution in [2.75, 3.05) is 31.1 Å². The number of fused-ring (bicyclic) bond motifs is 1. The molecule has 3 aromatic rings. The van der Waals surface area contributed by atoms with Crippen LogP contribution < -0.4 is 9.64 Å². The number of hydrogen-bond donors (Lipinski definition) is 0. The van der Waals surface area contributed by atoms with Crippen LogP contribution in [0, 0.1) is 0 Å². The molecule has 0 aliphatic carbocycles. The number of hydrogen-bond acceptors (Lipinski definition) is 7. The molecule has 0 N–H and O–H groups in total. The van der Waals surface area contributed by atoms with Gasteiger partial charge in [-0.3, -0.25) is 0 Å². The first-order valence-electron chi connectivity index (χ1n) is 12.1. The van der Waals surface area contributed by atoms with Crippen molar-refractivity contribution >= 4 is 22.8 Å². The molecule has 180 valence electrons. The Labute approximate surface area is 199 Å². The SMILES string of the molecule is CC(C)(C)OC(=O)N1CCC(n2ncc3c(Oc4ccc(N5CCCC5)cc4)ncnc32)CC1. The fourth-order valence-electron chi connectivity index (χ4n) is 4.62. The van der Waals surface area contributed by atoms with Crippen LogP contribution >= 0.6 is 0 Å². The van der Waals surface area contributed by atoms with Crippen molar-refractivity contribution in [1.29, 1.82) is 0 Å². The molecule has 0 saturated carbocycles. The third kappa shape index (κ3) is 4.78. The topological polar surface area (TPSA) is 85.6 Å². The molecule has 0 radical (unpaired) electrons. The number of ether oxygens (including phenoxy) is 2. The molecule has 0 bridgehead atoms. The fraction of sp³-hybridized carbons (Fsp3) is 0.520. The third-order valence-corrected chi connectivity index (χ3v) is 6.34. The van der Waals surface area contributed by atoms with Crippen LogP contribution in [-0.4, -0.2) is 62.5 Å². The molecule has 9 heteroatoms. The van der Waals surface area contributed by atoms with E-state index in [1.165, 1.54) is 24.9 Å². The Kier molecular flexibility index (Phi) is 6.02. The van der Waals surface area contributed by atoms with Crippen LogP contribution in [0.3, 0.4) is 0 Å². The number of carbonyl (C=O) groups excluding carboxylic acids is 1. The third-order valence-electron chi connectivity index (χ3n) is 6.34. The number of aromatic nitrogens is 4. The molecule has 2 fully saturated rings. The fourth-order valence-corrected chi connectivity index (χ4v) is 4.62. The quantitative estimate of drug-likeness (QED) is 0.549. The minimum atomic E-state index is -0.492. The molecule has 2 aromatic heterocycles. The smallest absolute Gasteiger partial charge is 0.410 e. The molecule has 34 heavy (non-hydrogen) atoms. The lowest BCUT2D eigenvalue weighted by Crippen LogP contribution is -2.42. The molecule has 0 atom stereocenters. The molecule has 9 nitrogen and oxygen atoms in total. The lowest BCUT2D eigenvalue weighted by atomic mass is 10.1. The van der Waals surface area contributed by atoms with Crippen molar-refractivity contribution < 1.29 is 14.3 Å². The highest BCUT2D eigenvalue weighted by molar-refractivity contribution is 5.80. The highest BCUT2D eigenvalue weighted by atomic mass is 16.6. The van der Waals surface area contributed by atoms with E-state index in [1.807, 2.05) is 37.6 Å². The second-order valence-corrected chi connectivity index (χ2v) is 9.99. The van der Waals surface area contributed by atoms with Gasteiger partial charge in [-0.15, -0.1) is 0 Å². The number of likely N-dealkylation sites (tertiary alicyclic amines) is 1. The van der Waals surface area contributed by atoms with Gasteiger partial charge in [0.15, 0.2) is 5.65 Å². The first-order chi connectivity index (χ1) is 16.4. The van der Waals surface area contributed by atoms with E-state index >= 15 is 0 Å². The van der Waals surface area contributed by atoms with Gasteiger partial charge in [0.25, 0.3) is 0 Å². The van der Waals surface area contributed by atoms with Crippen LogP contribution in [-0.2, 0) is 4.74 Å². The molecule has 2 saturated heterocycles. The van der Waals surface area contributed by atoms with Gasteiger partial charge in [0.1, 0.15) is 23.1 Å². The van der Waals surface area contributed by atoms with Gasteiger partial charge in [-0.05, 0) is 70.7 Å². The highest BCUT2D eigenvalue weighted by Crippen LogP contribution is 2.32. The van der Waals surface area contributed by atoms with Gasteiger partial charge in [0.2, 0.25) is 5.88 Å². The predicted octanol–water partition coefficient (Wildman–Crippen LogP) is 4.79. The first kappa shape index (κ1) is 22.4. The molecular formula is C25H32N6O3. The van der Waals surface area contributed by atoms with Crippen LogP contribution in [0.25, 0.3) is 11.0 Å². The van der Waals surface area contributed by atoms with Crippen molar-refractivity contribution in [1.82, 2.24) is 24.6 Å². The predicted molar refractivity (Wildman–Crippen MR) is 129 cm³/mol. The van der Waals surface area contributed by atoms with Crippen LogP contribution in [0.4, 0.5) is 10.5 Å². The minimum Gasteiger partial charge on any atom is -0.444 e. The van der Waals surface area contributed by atoms with Gasteiger partial charge in [0.05, 0.1) is 12.2 Å². The lowest BCUT2D eigenvalue weighted by Gasteiger charge is -2.33. The molecule has 5 rings (SSSR count). The normalized spacial score (nSPS) is 17.4. The summed E-state index contributed by atoms with van der Waals surface area (Å²) >= 11 is 0. The maximum absolute atomic E-state index is 12.4. The van der Waals surface area contributed by atoms with Crippen LogP contribution in [0.2, 0.25) is 0 Å². The lowest BCUT2D eigenvalue weighted by molar-refractivity contribution is 0.0186. The van der Waals surface area contributed by atoms with Crippen LogP contribution in [0.1, 0.15) is 52.5 Å². The molecule has 1 amide bonds. The molecule has 1 aromatic carbocycles. The first-order valence-corrected chi connectivity index (χ1v) is 12.1. The average molecular weight is 465 g/mol. The number of carbonyl (C=O) groups is 1. The van der Waals surface area contributed by atoms with Crippen molar-refractivity contribution in [2.45, 2.75) is 58.1 Å². The summed E-state index contributed by atoms with van der Waals surface area (Å²) in [6.07, 6.45) is 7.10. The standard InChI is InChI=1S/C25H32N6O3/c1-25(2,3)34-24(32)30-14-10-19(11-15-30)31-22-21(16-28-31)23(27-17-26-22)33-20-8-6-18(7-9-20)29-12-4-5-13-29/h6-9,16-17,19H,4-5,10-15H2,1-3H3. The Morgan fingerprint density at radius 1 is 1.00 bits per heavy atom. The van der Waals surface area contributed by atoms with Crippen molar-refractivity contribution in [2.24, 2.45) is 0 Å². The number of anilines is 1. The van der Waals surface area contributed by atoms with E-state index in [9.17, 15) is 4.79 Å². The van der Waals surface area contributed by atoms with Crippen LogP contribution in [0.5, 0.6) is 11.6 Å². The van der Waals surface area contributed by atoms with E-state index in [0.717, 1.165) is 42.7 Å². The summed E-state index contributed by atoms with van der Waals surface area (Å²) in [7, 11) is 0. The molecule has 2 aliphatic rings. The van der Waals surface area contributed by atoms with Crippen molar-refractivity contribution in [3.05, 3.63) is 36.8 Å². The summed E-state index contributed by atoms with van der Waals surface area (Å²) in [5.74, 6) is 1.23. The number of nitrogens with zero attached hydrogens (tertiary/aromatic N) is 6. The summed E-state index contributed by atoms with van der Waals surface area (Å²) < 4.78 is 13.6. The highest BCUT2D eigenvalue weighted by Gasteiger charge is 2.29. The van der Waals surface area contributed by atoms with E-state index in [4.69, 9.17) is 9.47 Å². The minimum absolute atomic E-state index is 0.152. The summed E-state index contributed by atoms with van der Waals surface area (Å²) in [5, 5.41) is 5.39. The van der Waals surface area contributed by atoms with E-state index in [-0.39, 0.29) is 12.1 Å². The maximum Gasteiger partial charge on any atom is 0.410 e. The second kappa shape index (κ2) is 9.12. The largest absolute Gasteiger partial charge is 0.444 e. The Morgan fingerprint density at radius 3 is 2.38 bits per heavy atom. The summed E-state index contributed by atoms with van der Waals surface area (Å²) in [5.41, 5.74) is 1.48. The van der Waals surface area contributed by atoms with Gasteiger partial charge in [0, 0.05) is 31.9 Å².